The first-order valence-electron chi connectivity index (χ1n) is 8.01. The normalized spacial score (nSPS) is 20.3. The number of halogens is 6. The van der Waals surface area contributed by atoms with Gasteiger partial charge in [0.05, 0.1) is 6.61 Å². The number of fused-ring (bicyclic) bond motifs is 1. The van der Waals surface area contributed by atoms with E-state index in [4.69, 9.17) is 9.47 Å². The fraction of sp³-hybridized carbons (Fsp3) is 0.368. The summed E-state index contributed by atoms with van der Waals surface area (Å²) in [6.07, 6.45) is 0. The first kappa shape index (κ1) is 19.5. The first-order chi connectivity index (χ1) is 12.5. The summed E-state index contributed by atoms with van der Waals surface area (Å²) in [7, 11) is 1.56. The van der Waals surface area contributed by atoms with Crippen LogP contribution >= 0.6 is 0 Å². The smallest absolute Gasteiger partial charge is 0.383 e. The summed E-state index contributed by atoms with van der Waals surface area (Å²) in [4.78, 5) is 0. The van der Waals surface area contributed by atoms with Crippen LogP contribution in [0.4, 0.5) is 26.3 Å². The third kappa shape index (κ3) is 2.96. The Morgan fingerprint density at radius 2 is 1.30 bits per heavy atom. The lowest BCUT2D eigenvalue weighted by molar-refractivity contribution is -0.271. The molecule has 1 aliphatic rings. The molecule has 0 heterocycles. The van der Waals surface area contributed by atoms with Crippen molar-refractivity contribution in [2.45, 2.75) is 37.9 Å². The molecule has 0 bridgehead atoms. The van der Waals surface area contributed by atoms with E-state index in [0.717, 1.165) is 16.3 Å². The third-order valence-electron chi connectivity index (χ3n) is 4.55. The average Bonchev–Trinajstić information content (AvgIpc) is 2.69. The van der Waals surface area contributed by atoms with Crippen LogP contribution in [0.2, 0.25) is 0 Å². The van der Waals surface area contributed by atoms with Crippen molar-refractivity contribution in [2.75, 3.05) is 7.11 Å². The molecule has 2 nitrogen and oxygen atoms in total. The number of hydrogen-bond acceptors (Lipinski definition) is 2. The standard InChI is InChI=1S/C19H16F6O2/c1-11-16(18(22,23)19(24,25)17(11,20)21)27-10-13-4-6-14-7-12(9-26-2)3-5-15(14)8-13/h3-8H,9-10H2,1-2H3. The molecular formula is C19H16F6O2. The number of rotatable bonds is 5. The van der Waals surface area contributed by atoms with E-state index in [9.17, 15) is 26.3 Å². The van der Waals surface area contributed by atoms with Crippen molar-refractivity contribution in [2.24, 2.45) is 0 Å². The van der Waals surface area contributed by atoms with Gasteiger partial charge in [-0.2, -0.15) is 26.3 Å². The van der Waals surface area contributed by atoms with E-state index < -0.39 is 35.7 Å². The minimum atomic E-state index is -5.53. The number of allylic oxidation sites excluding steroid dienone is 2. The zero-order valence-corrected chi connectivity index (χ0v) is 14.5. The van der Waals surface area contributed by atoms with Crippen molar-refractivity contribution in [3.63, 3.8) is 0 Å². The molecule has 27 heavy (non-hydrogen) atoms. The monoisotopic (exact) mass is 390 g/mol. The molecule has 0 N–H and O–H groups in total. The molecule has 0 aromatic heterocycles. The highest BCUT2D eigenvalue weighted by Crippen LogP contribution is 2.59. The van der Waals surface area contributed by atoms with Gasteiger partial charge in [0.25, 0.3) is 0 Å². The van der Waals surface area contributed by atoms with Crippen LogP contribution in [-0.4, -0.2) is 24.9 Å². The maximum Gasteiger partial charge on any atom is 0.383 e. The number of hydrogen-bond donors (Lipinski definition) is 0. The summed E-state index contributed by atoms with van der Waals surface area (Å²) in [5.74, 6) is -17.2. The Balaban J connectivity index is 1.84. The Morgan fingerprint density at radius 1 is 0.778 bits per heavy atom. The molecule has 8 heteroatoms. The molecule has 0 fully saturated rings. The van der Waals surface area contributed by atoms with Crippen molar-refractivity contribution in [1.29, 1.82) is 0 Å². The lowest BCUT2D eigenvalue weighted by Gasteiger charge is -2.24. The maximum absolute atomic E-state index is 13.8. The number of benzene rings is 2. The van der Waals surface area contributed by atoms with Crippen molar-refractivity contribution >= 4 is 10.8 Å². The van der Waals surface area contributed by atoms with Crippen molar-refractivity contribution in [1.82, 2.24) is 0 Å². The summed E-state index contributed by atoms with van der Waals surface area (Å²) >= 11 is 0. The number of methoxy groups -OCH3 is 1. The van der Waals surface area contributed by atoms with Gasteiger partial charge in [-0.1, -0.05) is 24.3 Å². The predicted molar refractivity (Wildman–Crippen MR) is 87.0 cm³/mol. The van der Waals surface area contributed by atoms with Crippen molar-refractivity contribution in [3.8, 4) is 0 Å². The summed E-state index contributed by atoms with van der Waals surface area (Å²) in [6.45, 7) is 0.414. The zero-order chi connectivity index (χ0) is 20.0. The largest absolute Gasteiger partial charge is 0.486 e. The molecule has 0 radical (unpaired) electrons. The third-order valence-corrected chi connectivity index (χ3v) is 4.55. The molecule has 2 aromatic carbocycles. The molecule has 0 aliphatic heterocycles. The molecule has 146 valence electrons. The molecule has 1 aliphatic carbocycles. The molecule has 0 atom stereocenters. The Morgan fingerprint density at radius 3 is 1.74 bits per heavy atom. The van der Waals surface area contributed by atoms with Gasteiger partial charge in [-0.15, -0.1) is 0 Å². The average molecular weight is 390 g/mol. The maximum atomic E-state index is 13.8. The second kappa shape index (κ2) is 6.44. The Hall–Kier alpha value is -2.22. The van der Waals surface area contributed by atoms with Crippen LogP contribution in [0.5, 0.6) is 0 Å². The van der Waals surface area contributed by atoms with Crippen LogP contribution < -0.4 is 0 Å². The second-order valence-electron chi connectivity index (χ2n) is 6.41. The highest BCUT2D eigenvalue weighted by Gasteiger charge is 2.80. The van der Waals surface area contributed by atoms with E-state index in [1.807, 2.05) is 12.1 Å². The first-order valence-corrected chi connectivity index (χ1v) is 8.01. The highest BCUT2D eigenvalue weighted by molar-refractivity contribution is 5.83. The van der Waals surface area contributed by atoms with E-state index in [2.05, 4.69) is 0 Å². The highest BCUT2D eigenvalue weighted by atomic mass is 19.3. The van der Waals surface area contributed by atoms with E-state index in [1.54, 1.807) is 31.4 Å². The quantitative estimate of drug-likeness (QED) is 0.610. The van der Waals surface area contributed by atoms with Gasteiger partial charge >= 0.3 is 17.8 Å². The fourth-order valence-corrected chi connectivity index (χ4v) is 3.00. The van der Waals surface area contributed by atoms with Gasteiger partial charge in [-0.05, 0) is 41.0 Å². The predicted octanol–water partition coefficient (Wildman–Crippen LogP) is 5.70. The molecular weight excluding hydrogens is 374 g/mol. The number of alkyl halides is 6. The van der Waals surface area contributed by atoms with Gasteiger partial charge in [-0.25, -0.2) is 0 Å². The van der Waals surface area contributed by atoms with Crippen LogP contribution in [0.1, 0.15) is 18.1 Å². The Bertz CT molecular complexity index is 904. The second-order valence-corrected chi connectivity index (χ2v) is 6.41. The number of ether oxygens (including phenoxy) is 2. The summed E-state index contributed by atoms with van der Waals surface area (Å²) < 4.78 is 91.2. The minimum absolute atomic E-state index is 0.386. The lowest BCUT2D eigenvalue weighted by atomic mass is 10.0. The van der Waals surface area contributed by atoms with Crippen molar-refractivity contribution < 1.29 is 35.8 Å². The van der Waals surface area contributed by atoms with Gasteiger partial charge in [0.15, 0.2) is 5.76 Å². The van der Waals surface area contributed by atoms with Crippen LogP contribution in [-0.2, 0) is 22.7 Å². The van der Waals surface area contributed by atoms with Crippen LogP contribution in [0, 0.1) is 0 Å². The Kier molecular flexibility index (Phi) is 4.66. The summed E-state index contributed by atoms with van der Waals surface area (Å²) in [5.41, 5.74) is -0.135. The van der Waals surface area contributed by atoms with E-state index in [-0.39, 0.29) is 0 Å². The molecule has 0 amide bonds. The fourth-order valence-electron chi connectivity index (χ4n) is 3.00. The van der Waals surface area contributed by atoms with E-state index in [0.29, 0.717) is 19.1 Å². The zero-order valence-electron chi connectivity index (χ0n) is 14.5. The van der Waals surface area contributed by atoms with Gasteiger partial charge in [-0.3, -0.25) is 0 Å². The van der Waals surface area contributed by atoms with Crippen LogP contribution in [0.25, 0.3) is 10.8 Å². The van der Waals surface area contributed by atoms with Crippen LogP contribution in [0.3, 0.4) is 0 Å². The Labute approximate surface area is 151 Å². The lowest BCUT2D eigenvalue weighted by Crippen LogP contribution is -2.49. The molecule has 0 saturated carbocycles. The molecule has 0 unspecified atom stereocenters. The molecule has 0 saturated heterocycles. The summed E-state index contributed by atoms with van der Waals surface area (Å²) in [5, 5.41) is 1.61. The molecule has 3 rings (SSSR count). The van der Waals surface area contributed by atoms with Gasteiger partial charge in [0.1, 0.15) is 6.61 Å². The van der Waals surface area contributed by atoms with E-state index in [1.165, 1.54) is 0 Å². The minimum Gasteiger partial charge on any atom is -0.486 e. The topological polar surface area (TPSA) is 18.5 Å². The molecule has 0 spiro atoms. The van der Waals surface area contributed by atoms with Crippen LogP contribution in [0.15, 0.2) is 47.7 Å². The van der Waals surface area contributed by atoms with Gasteiger partial charge in [0.2, 0.25) is 0 Å². The van der Waals surface area contributed by atoms with E-state index >= 15 is 0 Å². The summed E-state index contributed by atoms with van der Waals surface area (Å²) in [6, 6.07) is 10.3. The molecule has 2 aromatic rings. The van der Waals surface area contributed by atoms with Crippen molar-refractivity contribution in [3.05, 3.63) is 58.9 Å². The SMILES string of the molecule is COCc1ccc2cc(COC3=C(C)C(F)(F)C(F)(F)C3(F)F)ccc2c1. The van der Waals surface area contributed by atoms with Gasteiger partial charge < -0.3 is 9.47 Å². The van der Waals surface area contributed by atoms with Gasteiger partial charge in [0, 0.05) is 12.7 Å².